The highest BCUT2D eigenvalue weighted by Gasteiger charge is 2.00. The number of benzene rings is 1. The molecule has 15 heavy (non-hydrogen) atoms. The summed E-state index contributed by atoms with van der Waals surface area (Å²) in [5.74, 6) is 0. The zero-order chi connectivity index (χ0) is 10.7. The molecule has 2 N–H and O–H groups in total. The molecule has 0 bridgehead atoms. The van der Waals surface area contributed by atoms with E-state index >= 15 is 0 Å². The van der Waals surface area contributed by atoms with Gasteiger partial charge in [-0.15, -0.1) is 0 Å². The number of aliphatic hydroxyl groups excluding tert-OH is 1. The van der Waals surface area contributed by atoms with E-state index in [-0.39, 0.29) is 6.61 Å². The Labute approximate surface area is 97.3 Å². The Bertz CT molecular complexity index is 438. The van der Waals surface area contributed by atoms with Gasteiger partial charge in [-0.05, 0) is 35.9 Å². The summed E-state index contributed by atoms with van der Waals surface area (Å²) in [4.78, 5) is 4.21. The van der Waals surface area contributed by atoms with Crippen LogP contribution >= 0.6 is 23.4 Å². The van der Waals surface area contributed by atoms with Crippen molar-refractivity contribution >= 4 is 23.4 Å². The Kier molecular flexibility index (Phi) is 3.36. The Morgan fingerprint density at radius 1 is 1.27 bits per heavy atom. The van der Waals surface area contributed by atoms with Gasteiger partial charge in [0.2, 0.25) is 0 Å². The van der Waals surface area contributed by atoms with Crippen LogP contribution in [0.5, 0.6) is 0 Å². The molecule has 0 spiro atoms. The van der Waals surface area contributed by atoms with Crippen molar-refractivity contribution in [1.82, 2.24) is 4.98 Å². The van der Waals surface area contributed by atoms with E-state index in [0.29, 0.717) is 0 Å². The van der Waals surface area contributed by atoms with Gasteiger partial charge in [0.1, 0.15) is 0 Å². The number of halogens is 1. The van der Waals surface area contributed by atoms with E-state index in [1.54, 1.807) is 18.0 Å². The van der Waals surface area contributed by atoms with Crippen molar-refractivity contribution in [3.8, 4) is 0 Å². The molecule has 0 saturated heterocycles. The van der Waals surface area contributed by atoms with Crippen LogP contribution in [0.2, 0.25) is 5.02 Å². The molecule has 2 nitrogen and oxygen atoms in total. The summed E-state index contributed by atoms with van der Waals surface area (Å²) in [7, 11) is 0. The highest BCUT2D eigenvalue weighted by molar-refractivity contribution is 7.99. The lowest BCUT2D eigenvalue weighted by Gasteiger charge is -1.98. The van der Waals surface area contributed by atoms with Gasteiger partial charge in [-0.3, -0.25) is 0 Å². The molecular formula is C11H10ClNOS. The Hall–Kier alpha value is -0.900. The highest BCUT2D eigenvalue weighted by atomic mass is 35.5. The lowest BCUT2D eigenvalue weighted by molar-refractivity contribution is 0.282. The third-order valence-corrected chi connectivity index (χ3v) is 3.16. The predicted molar refractivity (Wildman–Crippen MR) is 62.3 cm³/mol. The summed E-state index contributed by atoms with van der Waals surface area (Å²) < 4.78 is 0. The van der Waals surface area contributed by atoms with E-state index in [4.69, 9.17) is 16.7 Å². The molecule has 4 heteroatoms. The van der Waals surface area contributed by atoms with Gasteiger partial charge < -0.3 is 10.1 Å². The Balaban J connectivity index is 2.11. The van der Waals surface area contributed by atoms with Gasteiger partial charge >= 0.3 is 0 Å². The number of aromatic amines is 1. The molecule has 2 rings (SSSR count). The molecule has 0 aliphatic rings. The van der Waals surface area contributed by atoms with Crippen molar-refractivity contribution in [2.75, 3.05) is 0 Å². The van der Waals surface area contributed by atoms with Crippen LogP contribution in [0.3, 0.4) is 0 Å². The monoisotopic (exact) mass is 239 g/mol. The van der Waals surface area contributed by atoms with Gasteiger partial charge in [-0.25, -0.2) is 0 Å². The number of hydrogen-bond acceptors (Lipinski definition) is 2. The van der Waals surface area contributed by atoms with Crippen molar-refractivity contribution in [2.45, 2.75) is 16.5 Å². The molecule has 0 unspecified atom stereocenters. The zero-order valence-electron chi connectivity index (χ0n) is 7.90. The van der Waals surface area contributed by atoms with Crippen molar-refractivity contribution in [3.63, 3.8) is 0 Å². The Morgan fingerprint density at radius 3 is 2.60 bits per heavy atom. The van der Waals surface area contributed by atoms with Gasteiger partial charge in [-0.1, -0.05) is 23.4 Å². The fourth-order valence-corrected chi connectivity index (χ4v) is 2.18. The molecule has 1 heterocycles. The summed E-state index contributed by atoms with van der Waals surface area (Å²) in [6, 6.07) is 9.58. The van der Waals surface area contributed by atoms with E-state index in [0.717, 1.165) is 20.5 Å². The van der Waals surface area contributed by atoms with Gasteiger partial charge in [0.15, 0.2) is 0 Å². The van der Waals surface area contributed by atoms with E-state index in [1.165, 1.54) is 0 Å². The summed E-state index contributed by atoms with van der Waals surface area (Å²) in [5.41, 5.74) is 0.895. The van der Waals surface area contributed by atoms with Gasteiger partial charge in [0, 0.05) is 16.1 Å². The second kappa shape index (κ2) is 4.75. The van der Waals surface area contributed by atoms with Crippen LogP contribution in [0, 0.1) is 0 Å². The van der Waals surface area contributed by atoms with Crippen molar-refractivity contribution in [2.24, 2.45) is 0 Å². The maximum Gasteiger partial charge on any atom is 0.0773 e. The van der Waals surface area contributed by atoms with Gasteiger partial charge in [0.05, 0.1) is 11.6 Å². The third-order valence-electron chi connectivity index (χ3n) is 1.94. The molecule has 0 amide bonds. The van der Waals surface area contributed by atoms with Crippen LogP contribution in [0.4, 0.5) is 0 Å². The predicted octanol–water partition coefficient (Wildman–Crippen LogP) is 3.31. The average Bonchev–Trinajstić information content (AvgIpc) is 2.69. The molecule has 0 saturated carbocycles. The molecule has 1 aromatic heterocycles. The molecule has 0 radical (unpaired) electrons. The normalized spacial score (nSPS) is 10.5. The van der Waals surface area contributed by atoms with E-state index in [1.807, 2.05) is 30.3 Å². The van der Waals surface area contributed by atoms with E-state index in [2.05, 4.69) is 4.98 Å². The minimum absolute atomic E-state index is 0.0671. The van der Waals surface area contributed by atoms with E-state index < -0.39 is 0 Å². The first kappa shape index (κ1) is 10.6. The molecule has 2 aromatic rings. The third kappa shape index (κ3) is 2.78. The van der Waals surface area contributed by atoms with Crippen LogP contribution in [-0.2, 0) is 6.61 Å². The minimum Gasteiger partial charge on any atom is -0.392 e. The fourth-order valence-electron chi connectivity index (χ4n) is 1.20. The van der Waals surface area contributed by atoms with Crippen LogP contribution in [0.15, 0.2) is 46.5 Å². The average molecular weight is 240 g/mol. The van der Waals surface area contributed by atoms with Crippen LogP contribution < -0.4 is 0 Å². The Morgan fingerprint density at radius 2 is 2.00 bits per heavy atom. The van der Waals surface area contributed by atoms with Crippen LogP contribution in [-0.4, -0.2) is 10.1 Å². The standard InChI is InChI=1S/C11H10ClNOS/c12-9-1-3-10(4-2-9)15-11-5-8(7-14)6-13-11/h1-6,13-14H,7H2. The number of H-pyrrole nitrogens is 1. The van der Waals surface area contributed by atoms with Gasteiger partial charge in [-0.2, -0.15) is 0 Å². The molecule has 1 aromatic carbocycles. The maximum absolute atomic E-state index is 8.91. The number of hydrogen-bond donors (Lipinski definition) is 2. The summed E-state index contributed by atoms with van der Waals surface area (Å²) in [5, 5.41) is 10.7. The lowest BCUT2D eigenvalue weighted by Crippen LogP contribution is -1.74. The van der Waals surface area contributed by atoms with Crippen LogP contribution in [0.25, 0.3) is 0 Å². The molecular weight excluding hydrogens is 230 g/mol. The maximum atomic E-state index is 8.91. The molecule has 0 atom stereocenters. The minimum atomic E-state index is 0.0671. The number of aromatic nitrogens is 1. The first-order valence-electron chi connectivity index (χ1n) is 4.49. The fraction of sp³-hybridized carbons (Fsp3) is 0.0909. The first-order valence-corrected chi connectivity index (χ1v) is 5.69. The van der Waals surface area contributed by atoms with Crippen molar-refractivity contribution in [1.29, 1.82) is 0 Å². The van der Waals surface area contributed by atoms with Crippen molar-refractivity contribution < 1.29 is 5.11 Å². The molecule has 0 aliphatic carbocycles. The summed E-state index contributed by atoms with van der Waals surface area (Å²) in [6.07, 6.45) is 1.80. The first-order chi connectivity index (χ1) is 7.28. The van der Waals surface area contributed by atoms with Crippen molar-refractivity contribution in [3.05, 3.63) is 47.1 Å². The highest BCUT2D eigenvalue weighted by Crippen LogP contribution is 2.27. The lowest BCUT2D eigenvalue weighted by atomic mass is 10.4. The molecule has 0 aliphatic heterocycles. The largest absolute Gasteiger partial charge is 0.392 e. The topological polar surface area (TPSA) is 36.0 Å². The van der Waals surface area contributed by atoms with Gasteiger partial charge in [0.25, 0.3) is 0 Å². The molecule has 0 fully saturated rings. The number of nitrogens with one attached hydrogen (secondary N) is 1. The second-order valence-corrected chi connectivity index (χ2v) is 4.64. The number of aliphatic hydroxyl groups is 1. The second-order valence-electron chi connectivity index (χ2n) is 3.09. The smallest absolute Gasteiger partial charge is 0.0773 e. The number of rotatable bonds is 3. The molecule has 78 valence electrons. The summed E-state index contributed by atoms with van der Waals surface area (Å²) in [6.45, 7) is 0.0671. The quantitative estimate of drug-likeness (QED) is 0.862. The SMILES string of the molecule is OCc1c[nH]c(Sc2ccc(Cl)cc2)c1. The van der Waals surface area contributed by atoms with Crippen LogP contribution in [0.1, 0.15) is 5.56 Å². The zero-order valence-corrected chi connectivity index (χ0v) is 9.48. The van der Waals surface area contributed by atoms with E-state index in [9.17, 15) is 0 Å². The summed E-state index contributed by atoms with van der Waals surface area (Å²) >= 11 is 7.40.